The summed E-state index contributed by atoms with van der Waals surface area (Å²) in [6, 6.07) is 0. The number of likely N-dealkylation sites (N-methyl/N-ethyl adjacent to an activating group) is 1. The Morgan fingerprint density at radius 1 is 1.56 bits per heavy atom. The van der Waals surface area contributed by atoms with Crippen LogP contribution in [-0.2, 0) is 4.74 Å². The maximum absolute atomic E-state index is 5.43. The molecule has 0 aliphatic carbocycles. The van der Waals surface area contributed by atoms with Crippen molar-refractivity contribution < 1.29 is 4.74 Å². The molecule has 1 fully saturated rings. The molecule has 0 amide bonds. The highest BCUT2D eigenvalue weighted by molar-refractivity contribution is 4.61. The Bertz CT molecular complexity index is 75.0. The predicted molar refractivity (Wildman–Crippen MR) is 37.5 cm³/mol. The quantitative estimate of drug-likeness (QED) is 0.478. The smallest absolute Gasteiger partial charge is 0.0673 e. The molecule has 0 saturated carbocycles. The third kappa shape index (κ3) is 2.33. The lowest BCUT2D eigenvalue weighted by atomic mass is 10.4. The van der Waals surface area contributed by atoms with Gasteiger partial charge in [0.2, 0.25) is 0 Å². The molecule has 0 N–H and O–H groups in total. The topological polar surface area (TPSA) is 12.5 Å². The van der Waals surface area contributed by atoms with E-state index in [2.05, 4.69) is 18.9 Å². The highest BCUT2D eigenvalue weighted by Crippen LogP contribution is 2.01. The van der Waals surface area contributed by atoms with Gasteiger partial charge in [0, 0.05) is 19.7 Å². The minimum absolute atomic E-state index is 0.428. The van der Waals surface area contributed by atoms with E-state index in [9.17, 15) is 0 Å². The first-order valence-corrected chi connectivity index (χ1v) is 3.59. The summed E-state index contributed by atoms with van der Waals surface area (Å²) in [7, 11) is 2.14. The van der Waals surface area contributed by atoms with Crippen LogP contribution in [0.2, 0.25) is 0 Å². The largest absolute Gasteiger partial charge is 0.377 e. The number of hydrogen-bond acceptors (Lipinski definition) is 2. The second-order valence-corrected chi connectivity index (χ2v) is 2.80. The fraction of sp³-hybridized carbons (Fsp3) is 1.00. The second-order valence-electron chi connectivity index (χ2n) is 2.80. The van der Waals surface area contributed by atoms with Gasteiger partial charge in [-0.25, -0.2) is 0 Å². The van der Waals surface area contributed by atoms with Gasteiger partial charge in [0.15, 0.2) is 0 Å². The molecule has 54 valence electrons. The first kappa shape index (κ1) is 7.03. The third-order valence-electron chi connectivity index (χ3n) is 1.66. The van der Waals surface area contributed by atoms with E-state index in [1.54, 1.807) is 0 Å². The van der Waals surface area contributed by atoms with Gasteiger partial charge in [-0.2, -0.15) is 0 Å². The van der Waals surface area contributed by atoms with Gasteiger partial charge in [-0.3, -0.25) is 0 Å². The monoisotopic (exact) mass is 129 g/mol. The van der Waals surface area contributed by atoms with Gasteiger partial charge >= 0.3 is 0 Å². The molecule has 1 rings (SSSR count). The lowest BCUT2D eigenvalue weighted by Crippen LogP contribution is -2.25. The summed E-state index contributed by atoms with van der Waals surface area (Å²) < 4.78 is 5.43. The van der Waals surface area contributed by atoms with Crippen molar-refractivity contribution in [3.63, 3.8) is 0 Å². The Kier molecular flexibility index (Phi) is 2.49. The zero-order valence-electron chi connectivity index (χ0n) is 6.26. The van der Waals surface area contributed by atoms with Crippen LogP contribution in [0, 0.1) is 0 Å². The second kappa shape index (κ2) is 3.18. The lowest BCUT2D eigenvalue weighted by Gasteiger charge is -2.14. The van der Waals surface area contributed by atoms with Crippen molar-refractivity contribution in [2.45, 2.75) is 19.4 Å². The fourth-order valence-electron chi connectivity index (χ4n) is 1.20. The Morgan fingerprint density at radius 2 is 2.33 bits per heavy atom. The van der Waals surface area contributed by atoms with Crippen LogP contribution in [-0.4, -0.2) is 37.7 Å². The summed E-state index contributed by atoms with van der Waals surface area (Å²) in [5.74, 6) is 0. The molecule has 1 saturated heterocycles. The van der Waals surface area contributed by atoms with Crippen LogP contribution in [0.1, 0.15) is 13.3 Å². The van der Waals surface area contributed by atoms with E-state index in [4.69, 9.17) is 4.74 Å². The molecule has 9 heavy (non-hydrogen) atoms. The molecule has 0 aromatic carbocycles. The van der Waals surface area contributed by atoms with E-state index in [0.717, 1.165) is 13.2 Å². The molecule has 0 spiro atoms. The summed E-state index contributed by atoms with van der Waals surface area (Å²) in [6.45, 7) is 5.33. The van der Waals surface area contributed by atoms with Crippen molar-refractivity contribution in [1.82, 2.24) is 4.90 Å². The zero-order chi connectivity index (χ0) is 6.69. The standard InChI is InChI=1S/C7H15NO/c1-7-6-8(2)4-3-5-9-7/h7H,3-6H2,1-2H3/t7-/m0/s1. The Hall–Kier alpha value is -0.0800. The van der Waals surface area contributed by atoms with Crippen molar-refractivity contribution >= 4 is 0 Å². The predicted octanol–water partition coefficient (Wildman–Crippen LogP) is 0.727. The summed E-state index contributed by atoms with van der Waals surface area (Å²) in [5.41, 5.74) is 0. The minimum Gasteiger partial charge on any atom is -0.377 e. The molecule has 0 radical (unpaired) electrons. The normalized spacial score (nSPS) is 32.0. The van der Waals surface area contributed by atoms with E-state index >= 15 is 0 Å². The molecular formula is C7H15NO. The third-order valence-corrected chi connectivity index (χ3v) is 1.66. The first-order chi connectivity index (χ1) is 4.29. The number of ether oxygens (including phenoxy) is 1. The maximum atomic E-state index is 5.43. The molecule has 1 atom stereocenters. The van der Waals surface area contributed by atoms with Crippen LogP contribution in [0.3, 0.4) is 0 Å². The molecule has 2 heteroatoms. The van der Waals surface area contributed by atoms with Gasteiger partial charge in [-0.05, 0) is 20.4 Å². The number of rotatable bonds is 0. The molecule has 0 unspecified atom stereocenters. The Balaban J connectivity index is 2.29. The van der Waals surface area contributed by atoms with Gasteiger partial charge in [0.1, 0.15) is 0 Å². The Morgan fingerprint density at radius 3 is 3.11 bits per heavy atom. The first-order valence-electron chi connectivity index (χ1n) is 3.59. The summed E-state index contributed by atoms with van der Waals surface area (Å²) in [6.07, 6.45) is 1.61. The van der Waals surface area contributed by atoms with E-state index in [-0.39, 0.29) is 0 Å². The van der Waals surface area contributed by atoms with Gasteiger partial charge in [-0.1, -0.05) is 0 Å². The van der Waals surface area contributed by atoms with Crippen molar-refractivity contribution in [3.05, 3.63) is 0 Å². The molecule has 1 aliphatic rings. The lowest BCUT2D eigenvalue weighted by molar-refractivity contribution is 0.0709. The van der Waals surface area contributed by atoms with Crippen molar-refractivity contribution in [1.29, 1.82) is 0 Å². The molecule has 1 heterocycles. The number of hydrogen-bond donors (Lipinski definition) is 0. The number of nitrogens with zero attached hydrogens (tertiary/aromatic N) is 1. The molecular weight excluding hydrogens is 114 g/mol. The minimum atomic E-state index is 0.428. The molecule has 0 bridgehead atoms. The van der Waals surface area contributed by atoms with E-state index in [0.29, 0.717) is 6.10 Å². The van der Waals surface area contributed by atoms with Gasteiger partial charge in [0.05, 0.1) is 6.10 Å². The van der Waals surface area contributed by atoms with Crippen LogP contribution in [0.5, 0.6) is 0 Å². The average molecular weight is 129 g/mol. The van der Waals surface area contributed by atoms with Crippen LogP contribution in [0.25, 0.3) is 0 Å². The van der Waals surface area contributed by atoms with Crippen LogP contribution >= 0.6 is 0 Å². The zero-order valence-corrected chi connectivity index (χ0v) is 6.26. The fourth-order valence-corrected chi connectivity index (χ4v) is 1.20. The van der Waals surface area contributed by atoms with E-state index in [1.165, 1.54) is 13.0 Å². The summed E-state index contributed by atoms with van der Waals surface area (Å²) in [4.78, 5) is 2.32. The van der Waals surface area contributed by atoms with Crippen molar-refractivity contribution in [2.24, 2.45) is 0 Å². The summed E-state index contributed by atoms with van der Waals surface area (Å²) in [5, 5.41) is 0. The van der Waals surface area contributed by atoms with Crippen molar-refractivity contribution in [3.8, 4) is 0 Å². The van der Waals surface area contributed by atoms with Gasteiger partial charge < -0.3 is 9.64 Å². The average Bonchev–Trinajstić information content (AvgIpc) is 1.93. The van der Waals surface area contributed by atoms with E-state index in [1.807, 2.05) is 0 Å². The maximum Gasteiger partial charge on any atom is 0.0673 e. The van der Waals surface area contributed by atoms with Crippen LogP contribution in [0.4, 0.5) is 0 Å². The Labute approximate surface area is 56.8 Å². The molecule has 2 nitrogen and oxygen atoms in total. The van der Waals surface area contributed by atoms with Gasteiger partial charge in [-0.15, -0.1) is 0 Å². The van der Waals surface area contributed by atoms with Crippen LogP contribution in [0.15, 0.2) is 0 Å². The SMILES string of the molecule is C[C@H]1CN(C)CCCO1. The summed E-state index contributed by atoms with van der Waals surface area (Å²) >= 11 is 0. The van der Waals surface area contributed by atoms with E-state index < -0.39 is 0 Å². The molecule has 1 aliphatic heterocycles. The van der Waals surface area contributed by atoms with Crippen molar-refractivity contribution in [2.75, 3.05) is 26.7 Å². The highest BCUT2D eigenvalue weighted by Gasteiger charge is 2.09. The van der Waals surface area contributed by atoms with Gasteiger partial charge in [0.25, 0.3) is 0 Å². The van der Waals surface area contributed by atoms with Crippen LogP contribution < -0.4 is 0 Å². The highest BCUT2D eigenvalue weighted by atomic mass is 16.5. The molecule has 0 aromatic rings. The molecule has 0 aromatic heterocycles.